The lowest BCUT2D eigenvalue weighted by molar-refractivity contribution is 0.0635. The summed E-state index contributed by atoms with van der Waals surface area (Å²) in [6, 6.07) is 5.04. The summed E-state index contributed by atoms with van der Waals surface area (Å²) in [5.74, 6) is 0.593. The summed E-state index contributed by atoms with van der Waals surface area (Å²) in [7, 11) is 1.54. The van der Waals surface area contributed by atoms with E-state index in [0.29, 0.717) is 30.0 Å². The van der Waals surface area contributed by atoms with Gasteiger partial charge >= 0.3 is 6.09 Å². The number of hydrogen-bond acceptors (Lipinski definition) is 5. The SMILES string of the molecule is COc1ccc(NC(=O)OC(C)(C)C)c([C@H](O)CCN)c1. The van der Waals surface area contributed by atoms with Crippen LogP contribution < -0.4 is 15.8 Å². The van der Waals surface area contributed by atoms with Crippen LogP contribution in [0.3, 0.4) is 0 Å². The van der Waals surface area contributed by atoms with Crippen LogP contribution in [-0.4, -0.2) is 30.5 Å². The van der Waals surface area contributed by atoms with Crippen molar-refractivity contribution in [1.82, 2.24) is 0 Å². The molecule has 0 bridgehead atoms. The van der Waals surface area contributed by atoms with Gasteiger partial charge in [0, 0.05) is 5.56 Å². The van der Waals surface area contributed by atoms with Gasteiger partial charge in [0.2, 0.25) is 0 Å². The van der Waals surface area contributed by atoms with Crippen LogP contribution in [-0.2, 0) is 4.74 Å². The summed E-state index contributed by atoms with van der Waals surface area (Å²) in [4.78, 5) is 11.8. The molecule has 0 aliphatic rings. The molecule has 0 aliphatic heterocycles. The van der Waals surface area contributed by atoms with Crippen molar-refractivity contribution < 1.29 is 19.4 Å². The van der Waals surface area contributed by atoms with E-state index in [0.717, 1.165) is 0 Å². The maximum Gasteiger partial charge on any atom is 0.412 e. The van der Waals surface area contributed by atoms with Gasteiger partial charge in [-0.1, -0.05) is 0 Å². The summed E-state index contributed by atoms with van der Waals surface area (Å²) in [6.07, 6.45) is -0.972. The van der Waals surface area contributed by atoms with Crippen LogP contribution in [0.1, 0.15) is 38.9 Å². The van der Waals surface area contributed by atoms with E-state index in [2.05, 4.69) is 5.32 Å². The number of nitrogens with one attached hydrogen (secondary N) is 1. The molecule has 0 unspecified atom stereocenters. The minimum atomic E-state index is -0.782. The number of methoxy groups -OCH3 is 1. The Hall–Kier alpha value is -1.79. The zero-order chi connectivity index (χ0) is 16.0. The van der Waals surface area contributed by atoms with Crippen LogP contribution in [0.15, 0.2) is 18.2 Å². The molecule has 1 rings (SSSR count). The number of nitrogens with two attached hydrogens (primary N) is 1. The van der Waals surface area contributed by atoms with Crippen molar-refractivity contribution in [3.8, 4) is 5.75 Å². The Kier molecular flexibility index (Phi) is 5.99. The quantitative estimate of drug-likeness (QED) is 0.776. The van der Waals surface area contributed by atoms with Crippen LogP contribution in [0.2, 0.25) is 0 Å². The summed E-state index contributed by atoms with van der Waals surface area (Å²) >= 11 is 0. The number of benzene rings is 1. The zero-order valence-corrected chi connectivity index (χ0v) is 13.0. The maximum absolute atomic E-state index is 11.8. The van der Waals surface area contributed by atoms with Crippen LogP contribution in [0.4, 0.5) is 10.5 Å². The first kappa shape index (κ1) is 17.3. The standard InChI is InChI=1S/C15H24N2O4/c1-15(2,3)21-14(19)17-12-6-5-10(20-4)9-11(12)13(18)7-8-16/h5-6,9,13,18H,7-8,16H2,1-4H3,(H,17,19)/t13-/m1/s1. The van der Waals surface area contributed by atoms with Gasteiger partial charge in [0.1, 0.15) is 11.4 Å². The zero-order valence-electron chi connectivity index (χ0n) is 13.0. The molecule has 0 saturated carbocycles. The molecule has 0 aliphatic carbocycles. The first-order valence-corrected chi connectivity index (χ1v) is 6.83. The van der Waals surface area contributed by atoms with Crippen molar-refractivity contribution in [2.45, 2.75) is 38.9 Å². The summed E-state index contributed by atoms with van der Waals surface area (Å²) in [5, 5.41) is 12.8. The normalized spacial score (nSPS) is 12.7. The topological polar surface area (TPSA) is 93.8 Å². The Balaban J connectivity index is 2.97. The lowest BCUT2D eigenvalue weighted by Gasteiger charge is -2.21. The van der Waals surface area contributed by atoms with E-state index in [1.807, 2.05) is 0 Å². The Bertz CT molecular complexity index is 483. The molecular weight excluding hydrogens is 272 g/mol. The fourth-order valence-electron chi connectivity index (χ4n) is 1.78. The summed E-state index contributed by atoms with van der Waals surface area (Å²) in [5.41, 5.74) is 5.90. The molecule has 118 valence electrons. The fraction of sp³-hybridized carbons (Fsp3) is 0.533. The second kappa shape index (κ2) is 7.28. The monoisotopic (exact) mass is 296 g/mol. The Labute approximate surface area is 125 Å². The lowest BCUT2D eigenvalue weighted by atomic mass is 10.0. The van der Waals surface area contributed by atoms with Gasteiger partial charge in [0.15, 0.2) is 0 Å². The van der Waals surface area contributed by atoms with Crippen molar-refractivity contribution in [2.75, 3.05) is 19.0 Å². The van der Waals surface area contributed by atoms with E-state index >= 15 is 0 Å². The van der Waals surface area contributed by atoms with Crippen LogP contribution in [0.5, 0.6) is 5.75 Å². The predicted octanol–water partition coefficient (Wildman–Crippen LogP) is 2.42. The van der Waals surface area contributed by atoms with E-state index in [4.69, 9.17) is 15.2 Å². The van der Waals surface area contributed by atoms with E-state index in [1.54, 1.807) is 39.0 Å². The first-order chi connectivity index (χ1) is 9.76. The highest BCUT2D eigenvalue weighted by molar-refractivity contribution is 5.86. The molecule has 0 heterocycles. The highest BCUT2D eigenvalue weighted by Crippen LogP contribution is 2.29. The third kappa shape index (κ3) is 5.61. The molecular formula is C15H24N2O4. The van der Waals surface area contributed by atoms with Crippen molar-refractivity contribution in [3.63, 3.8) is 0 Å². The third-order valence-electron chi connectivity index (χ3n) is 2.69. The fourth-order valence-corrected chi connectivity index (χ4v) is 1.78. The highest BCUT2D eigenvalue weighted by atomic mass is 16.6. The number of aliphatic hydroxyl groups is 1. The van der Waals surface area contributed by atoms with Gasteiger partial charge < -0.3 is 20.3 Å². The lowest BCUT2D eigenvalue weighted by Crippen LogP contribution is -2.27. The summed E-state index contributed by atoms with van der Waals surface area (Å²) in [6.45, 7) is 5.69. The number of carbonyl (C=O) groups is 1. The Morgan fingerprint density at radius 2 is 2.10 bits per heavy atom. The van der Waals surface area contributed by atoms with Gasteiger partial charge in [0.05, 0.1) is 18.9 Å². The minimum Gasteiger partial charge on any atom is -0.497 e. The number of rotatable bonds is 5. The van der Waals surface area contributed by atoms with Crippen LogP contribution in [0, 0.1) is 0 Å². The Morgan fingerprint density at radius 3 is 2.62 bits per heavy atom. The molecule has 21 heavy (non-hydrogen) atoms. The van der Waals surface area contributed by atoms with Gasteiger partial charge in [0.25, 0.3) is 0 Å². The van der Waals surface area contributed by atoms with E-state index < -0.39 is 17.8 Å². The predicted molar refractivity (Wildman–Crippen MR) is 81.5 cm³/mol. The number of carbonyl (C=O) groups excluding carboxylic acids is 1. The molecule has 1 aromatic carbocycles. The largest absolute Gasteiger partial charge is 0.497 e. The van der Waals surface area contributed by atoms with Crippen molar-refractivity contribution in [2.24, 2.45) is 5.73 Å². The Morgan fingerprint density at radius 1 is 1.43 bits per heavy atom. The van der Waals surface area contributed by atoms with Gasteiger partial charge in [-0.2, -0.15) is 0 Å². The van der Waals surface area contributed by atoms with Crippen molar-refractivity contribution in [1.29, 1.82) is 0 Å². The van der Waals surface area contributed by atoms with E-state index in [1.165, 1.54) is 7.11 Å². The second-order valence-corrected chi connectivity index (χ2v) is 5.67. The van der Waals surface area contributed by atoms with Gasteiger partial charge in [-0.25, -0.2) is 4.79 Å². The average Bonchev–Trinajstić information content (AvgIpc) is 2.37. The molecule has 1 atom stereocenters. The molecule has 6 nitrogen and oxygen atoms in total. The average molecular weight is 296 g/mol. The van der Waals surface area contributed by atoms with Crippen LogP contribution in [0.25, 0.3) is 0 Å². The molecule has 0 spiro atoms. The van der Waals surface area contributed by atoms with Crippen molar-refractivity contribution >= 4 is 11.8 Å². The second-order valence-electron chi connectivity index (χ2n) is 5.67. The molecule has 1 amide bonds. The van der Waals surface area contributed by atoms with Crippen LogP contribution >= 0.6 is 0 Å². The molecule has 0 saturated heterocycles. The molecule has 0 fully saturated rings. The van der Waals surface area contributed by atoms with Gasteiger partial charge in [-0.3, -0.25) is 5.32 Å². The summed E-state index contributed by atoms with van der Waals surface area (Å²) < 4.78 is 10.3. The number of amides is 1. The molecule has 0 aromatic heterocycles. The number of ether oxygens (including phenoxy) is 2. The third-order valence-corrected chi connectivity index (χ3v) is 2.69. The molecule has 4 N–H and O–H groups in total. The highest BCUT2D eigenvalue weighted by Gasteiger charge is 2.19. The number of anilines is 1. The van der Waals surface area contributed by atoms with Gasteiger partial charge in [-0.05, 0) is 51.9 Å². The number of hydrogen-bond donors (Lipinski definition) is 3. The minimum absolute atomic E-state index is 0.338. The van der Waals surface area contributed by atoms with E-state index in [-0.39, 0.29) is 0 Å². The van der Waals surface area contributed by atoms with Crippen molar-refractivity contribution in [3.05, 3.63) is 23.8 Å². The first-order valence-electron chi connectivity index (χ1n) is 6.83. The van der Waals surface area contributed by atoms with E-state index in [9.17, 15) is 9.90 Å². The molecule has 6 heteroatoms. The smallest absolute Gasteiger partial charge is 0.412 e. The molecule has 1 aromatic rings. The van der Waals surface area contributed by atoms with Gasteiger partial charge in [-0.15, -0.1) is 0 Å². The number of aliphatic hydroxyl groups excluding tert-OH is 1. The molecule has 0 radical (unpaired) electrons. The maximum atomic E-state index is 11.8.